The van der Waals surface area contributed by atoms with Gasteiger partial charge in [0.15, 0.2) is 0 Å². The number of aromatic nitrogens is 3. The first-order valence-electron chi connectivity index (χ1n) is 9.21. The third-order valence-electron chi connectivity index (χ3n) is 4.65. The summed E-state index contributed by atoms with van der Waals surface area (Å²) < 4.78 is 0. The van der Waals surface area contributed by atoms with Gasteiger partial charge in [-0.05, 0) is 29.5 Å². The van der Waals surface area contributed by atoms with Gasteiger partial charge >= 0.3 is 5.97 Å². The third-order valence-corrected chi connectivity index (χ3v) is 4.65. The average Bonchev–Trinajstić information content (AvgIpc) is 3.28. The molecule has 0 saturated heterocycles. The van der Waals surface area contributed by atoms with Crippen molar-refractivity contribution in [3.63, 3.8) is 0 Å². The second-order valence-electron chi connectivity index (χ2n) is 6.72. The highest BCUT2D eigenvalue weighted by atomic mass is 16.4. The Balaban J connectivity index is 1.74. The number of hydrogen-bond acceptors (Lipinski definition) is 5. The van der Waals surface area contributed by atoms with Crippen LogP contribution in [0.3, 0.4) is 0 Å². The van der Waals surface area contributed by atoms with Crippen molar-refractivity contribution in [3.8, 4) is 11.1 Å². The molecule has 0 fully saturated rings. The molecule has 8 nitrogen and oxygen atoms in total. The lowest BCUT2D eigenvalue weighted by Crippen LogP contribution is -2.40. The van der Waals surface area contributed by atoms with Crippen LogP contribution in [0.5, 0.6) is 0 Å². The van der Waals surface area contributed by atoms with Crippen molar-refractivity contribution in [2.45, 2.75) is 18.9 Å². The Hall–Kier alpha value is -3.52. The van der Waals surface area contributed by atoms with Crippen LogP contribution in [0, 0.1) is 5.92 Å². The first-order valence-corrected chi connectivity index (χ1v) is 9.21. The molecule has 0 aliphatic rings. The molecule has 0 aliphatic carbocycles. The van der Waals surface area contributed by atoms with Gasteiger partial charge in [0.1, 0.15) is 6.33 Å². The molecule has 3 rings (SSSR count). The zero-order valence-corrected chi connectivity index (χ0v) is 15.7. The number of rotatable bonds is 9. The maximum absolute atomic E-state index is 12.3. The van der Waals surface area contributed by atoms with Gasteiger partial charge in [0.25, 0.3) is 5.91 Å². The van der Waals surface area contributed by atoms with Crippen molar-refractivity contribution in [1.29, 1.82) is 0 Å². The van der Waals surface area contributed by atoms with Crippen LogP contribution in [0.15, 0.2) is 60.9 Å². The number of benzene rings is 2. The second-order valence-corrected chi connectivity index (χ2v) is 6.72. The Kier molecular flexibility index (Phi) is 6.70. The number of aliphatic carboxylic acids is 1. The molecule has 2 aromatic carbocycles. The minimum atomic E-state index is -1.11. The normalized spacial score (nSPS) is 12.9. The number of carboxylic acid groups (broad SMARTS) is 1. The molecule has 150 valence electrons. The molecule has 29 heavy (non-hydrogen) atoms. The molecular weight excluding hydrogens is 372 g/mol. The molecule has 0 bridgehead atoms. The molecule has 1 amide bonds. The first kappa shape index (κ1) is 20.2. The molecule has 0 saturated carbocycles. The molecule has 0 radical (unpaired) electrons. The largest absolute Gasteiger partial charge is 0.481 e. The molecule has 3 aromatic rings. The highest BCUT2D eigenvalue weighted by Gasteiger charge is 2.24. The zero-order chi connectivity index (χ0) is 20.6. The van der Waals surface area contributed by atoms with Crippen LogP contribution in [0.4, 0.5) is 0 Å². The Morgan fingerprint density at radius 1 is 1.03 bits per heavy atom. The van der Waals surface area contributed by atoms with Crippen LogP contribution < -0.4 is 5.32 Å². The van der Waals surface area contributed by atoms with Crippen molar-refractivity contribution in [2.75, 3.05) is 6.61 Å². The number of nitrogens with zero attached hydrogens (tertiary/aromatic N) is 2. The summed E-state index contributed by atoms with van der Waals surface area (Å²) in [6, 6.07) is 17.3. The van der Waals surface area contributed by atoms with Gasteiger partial charge in [0, 0.05) is 6.04 Å². The van der Waals surface area contributed by atoms with Crippen LogP contribution in [-0.4, -0.2) is 49.9 Å². The van der Waals surface area contributed by atoms with E-state index >= 15 is 0 Å². The van der Waals surface area contributed by atoms with Crippen LogP contribution in [0.2, 0.25) is 0 Å². The summed E-state index contributed by atoms with van der Waals surface area (Å²) in [5.41, 5.74) is 3.10. The molecule has 8 heteroatoms. The molecule has 2 atom stereocenters. The quantitative estimate of drug-likeness (QED) is 0.439. The summed E-state index contributed by atoms with van der Waals surface area (Å²) in [7, 11) is 0. The molecule has 4 N–H and O–H groups in total. The summed E-state index contributed by atoms with van der Waals surface area (Å²) >= 11 is 0. The van der Waals surface area contributed by atoms with E-state index in [2.05, 4.69) is 20.5 Å². The lowest BCUT2D eigenvalue weighted by atomic mass is 9.94. The van der Waals surface area contributed by atoms with Crippen LogP contribution >= 0.6 is 0 Å². The predicted octanol–water partition coefficient (Wildman–Crippen LogP) is 1.90. The highest BCUT2D eigenvalue weighted by molar-refractivity contribution is 5.90. The van der Waals surface area contributed by atoms with E-state index in [9.17, 15) is 19.8 Å². The highest BCUT2D eigenvalue weighted by Crippen LogP contribution is 2.20. The summed E-state index contributed by atoms with van der Waals surface area (Å²) in [5, 5.41) is 27.6. The van der Waals surface area contributed by atoms with Gasteiger partial charge in [-0.3, -0.25) is 14.7 Å². The molecular formula is C21H22N4O4. The second kappa shape index (κ2) is 9.61. The third kappa shape index (κ3) is 5.49. The van der Waals surface area contributed by atoms with E-state index in [1.54, 1.807) is 0 Å². The summed E-state index contributed by atoms with van der Waals surface area (Å²) in [6.45, 7) is -0.503. The Morgan fingerprint density at radius 2 is 1.72 bits per heavy atom. The van der Waals surface area contributed by atoms with Crippen molar-refractivity contribution in [1.82, 2.24) is 20.5 Å². The van der Waals surface area contributed by atoms with Gasteiger partial charge < -0.3 is 15.5 Å². The maximum Gasteiger partial charge on any atom is 0.308 e. The number of carbonyl (C=O) groups is 2. The Labute approximate surface area is 167 Å². The van der Waals surface area contributed by atoms with Crippen LogP contribution in [-0.2, 0) is 11.2 Å². The van der Waals surface area contributed by atoms with E-state index in [0.29, 0.717) is 6.42 Å². The summed E-state index contributed by atoms with van der Waals surface area (Å²) in [6.07, 6.45) is 1.73. The predicted molar refractivity (Wildman–Crippen MR) is 106 cm³/mol. The number of hydrogen-bond donors (Lipinski definition) is 4. The van der Waals surface area contributed by atoms with Crippen LogP contribution in [0.25, 0.3) is 11.1 Å². The lowest BCUT2D eigenvalue weighted by molar-refractivity contribution is -0.143. The molecule has 1 aromatic heterocycles. The fraction of sp³-hybridized carbons (Fsp3) is 0.238. The number of H-pyrrole nitrogens is 1. The average molecular weight is 394 g/mol. The van der Waals surface area contributed by atoms with Gasteiger partial charge in [0.2, 0.25) is 5.82 Å². The number of nitrogens with one attached hydrogen (secondary N) is 2. The van der Waals surface area contributed by atoms with E-state index < -0.39 is 30.4 Å². The number of carbonyl (C=O) groups excluding carboxylic acids is 1. The van der Waals surface area contributed by atoms with Gasteiger partial charge in [-0.25, -0.2) is 4.98 Å². The number of amides is 1. The van der Waals surface area contributed by atoms with E-state index in [1.807, 2.05) is 54.6 Å². The minimum Gasteiger partial charge on any atom is -0.481 e. The molecule has 0 aliphatic heterocycles. The SMILES string of the molecule is O=C(N[C@H](Cc1ccc(-c2ccccc2)cc1)CC(CO)C(=O)O)c1ncn[nH]1. The summed E-state index contributed by atoms with van der Waals surface area (Å²) in [4.78, 5) is 27.5. The van der Waals surface area contributed by atoms with Crippen molar-refractivity contribution >= 4 is 11.9 Å². The zero-order valence-electron chi connectivity index (χ0n) is 15.7. The van der Waals surface area contributed by atoms with Gasteiger partial charge in [-0.2, -0.15) is 5.10 Å². The number of aromatic amines is 1. The number of aliphatic hydroxyl groups is 1. The van der Waals surface area contributed by atoms with Gasteiger partial charge in [-0.15, -0.1) is 0 Å². The maximum atomic E-state index is 12.3. The van der Waals surface area contributed by atoms with Crippen LogP contribution in [0.1, 0.15) is 22.6 Å². The molecule has 1 unspecified atom stereocenters. The first-order chi connectivity index (χ1) is 14.1. The standard InChI is InChI=1S/C21H22N4O4/c26-12-17(21(28)29)11-18(24-20(27)19-22-13-23-25-19)10-14-6-8-16(9-7-14)15-4-2-1-3-5-15/h1-9,13,17-18,26H,10-12H2,(H,24,27)(H,28,29)(H,22,23,25)/t17?,18-/m1/s1. The molecule has 0 spiro atoms. The van der Waals surface area contributed by atoms with E-state index in [-0.39, 0.29) is 12.2 Å². The van der Waals surface area contributed by atoms with Gasteiger partial charge in [0.05, 0.1) is 12.5 Å². The fourth-order valence-electron chi connectivity index (χ4n) is 3.11. The van der Waals surface area contributed by atoms with Gasteiger partial charge in [-0.1, -0.05) is 54.6 Å². The monoisotopic (exact) mass is 394 g/mol. The summed E-state index contributed by atoms with van der Waals surface area (Å²) in [5.74, 6) is -2.51. The lowest BCUT2D eigenvalue weighted by Gasteiger charge is -2.21. The van der Waals surface area contributed by atoms with Crippen molar-refractivity contribution < 1.29 is 19.8 Å². The minimum absolute atomic E-state index is 0.0466. The number of carboxylic acids is 1. The van der Waals surface area contributed by atoms with E-state index in [0.717, 1.165) is 16.7 Å². The topological polar surface area (TPSA) is 128 Å². The Morgan fingerprint density at radius 3 is 2.31 bits per heavy atom. The van der Waals surface area contributed by atoms with E-state index in [4.69, 9.17) is 0 Å². The van der Waals surface area contributed by atoms with E-state index in [1.165, 1.54) is 6.33 Å². The van der Waals surface area contributed by atoms with Crippen molar-refractivity contribution in [2.24, 2.45) is 5.92 Å². The smallest absolute Gasteiger partial charge is 0.308 e. The number of aliphatic hydroxyl groups excluding tert-OH is 1. The Bertz CT molecular complexity index is 927. The fourth-order valence-corrected chi connectivity index (χ4v) is 3.11. The van der Waals surface area contributed by atoms with Crippen molar-refractivity contribution in [3.05, 3.63) is 72.3 Å². The molecule has 1 heterocycles.